The van der Waals surface area contributed by atoms with E-state index in [2.05, 4.69) is 10.6 Å². The van der Waals surface area contributed by atoms with Crippen molar-refractivity contribution in [2.75, 3.05) is 17.7 Å². The fourth-order valence-electron chi connectivity index (χ4n) is 2.33. The zero-order valence-electron chi connectivity index (χ0n) is 13.8. The molecule has 2 rings (SSSR count). The molecule has 3 N–H and O–H groups in total. The molecule has 5 heteroatoms. The van der Waals surface area contributed by atoms with Gasteiger partial charge in [0.2, 0.25) is 0 Å². The number of hydrogen-bond donors (Lipinski definition) is 3. The Kier molecular flexibility index (Phi) is 5.11. The van der Waals surface area contributed by atoms with Crippen LogP contribution in [0.5, 0.6) is 11.5 Å². The number of phenolic OH excluding ortho intramolecular Hbond substituents is 1. The number of carbonyl (C=O) groups is 1. The number of para-hydroxylation sites is 2. The van der Waals surface area contributed by atoms with Crippen LogP contribution in [0, 0.1) is 6.92 Å². The molecule has 2 amide bonds. The molecule has 0 saturated heterocycles. The van der Waals surface area contributed by atoms with Gasteiger partial charge in [-0.2, -0.15) is 0 Å². The zero-order chi connectivity index (χ0) is 17.0. The number of aromatic hydroxyl groups is 1. The second-order valence-corrected chi connectivity index (χ2v) is 5.66. The number of amides is 2. The van der Waals surface area contributed by atoms with Crippen LogP contribution >= 0.6 is 0 Å². The van der Waals surface area contributed by atoms with Crippen molar-refractivity contribution < 1.29 is 14.6 Å². The maximum absolute atomic E-state index is 12.2. The van der Waals surface area contributed by atoms with Gasteiger partial charge in [0, 0.05) is 5.69 Å². The second-order valence-electron chi connectivity index (χ2n) is 5.66. The second kappa shape index (κ2) is 7.05. The molecule has 0 saturated carbocycles. The Morgan fingerprint density at radius 2 is 1.78 bits per heavy atom. The lowest BCUT2D eigenvalue weighted by Gasteiger charge is -2.15. The van der Waals surface area contributed by atoms with Gasteiger partial charge in [0.05, 0.1) is 12.8 Å². The minimum atomic E-state index is -0.363. The van der Waals surface area contributed by atoms with Crippen LogP contribution in [0.4, 0.5) is 16.2 Å². The average Bonchev–Trinajstić information content (AvgIpc) is 2.50. The smallest absolute Gasteiger partial charge is 0.323 e. The quantitative estimate of drug-likeness (QED) is 0.729. The number of aryl methyl sites for hydroxylation is 1. The molecule has 0 aliphatic rings. The number of phenols is 1. The van der Waals surface area contributed by atoms with Crippen molar-refractivity contribution in [3.63, 3.8) is 0 Å². The van der Waals surface area contributed by atoms with Gasteiger partial charge >= 0.3 is 6.03 Å². The van der Waals surface area contributed by atoms with Crippen LogP contribution in [0.2, 0.25) is 0 Å². The molecule has 0 bridgehead atoms. The first kappa shape index (κ1) is 16.7. The number of urea groups is 1. The lowest BCUT2D eigenvalue weighted by Crippen LogP contribution is -2.20. The summed E-state index contributed by atoms with van der Waals surface area (Å²) in [5.74, 6) is 0.995. The van der Waals surface area contributed by atoms with Gasteiger partial charge in [0.1, 0.15) is 11.5 Å². The molecule has 0 fully saturated rings. The van der Waals surface area contributed by atoms with Gasteiger partial charge in [-0.3, -0.25) is 0 Å². The Morgan fingerprint density at radius 3 is 2.43 bits per heavy atom. The third kappa shape index (κ3) is 3.94. The van der Waals surface area contributed by atoms with Gasteiger partial charge in [-0.15, -0.1) is 0 Å². The molecule has 23 heavy (non-hydrogen) atoms. The molecule has 122 valence electrons. The Hall–Kier alpha value is -2.69. The number of rotatable bonds is 4. The predicted octanol–water partition coefficient (Wildman–Crippen LogP) is 4.48. The number of anilines is 2. The van der Waals surface area contributed by atoms with E-state index in [1.54, 1.807) is 31.4 Å². The Bertz CT molecular complexity index is 711. The highest BCUT2D eigenvalue weighted by molar-refractivity contribution is 6.01. The van der Waals surface area contributed by atoms with E-state index >= 15 is 0 Å². The summed E-state index contributed by atoms with van der Waals surface area (Å²) in [7, 11) is 1.55. The molecule has 0 aromatic heterocycles. The number of methoxy groups -OCH3 is 1. The van der Waals surface area contributed by atoms with E-state index in [1.165, 1.54) is 0 Å². The molecule has 0 aliphatic heterocycles. The zero-order valence-corrected chi connectivity index (χ0v) is 13.8. The molecule has 2 aromatic rings. The lowest BCUT2D eigenvalue weighted by molar-refractivity contribution is 0.262. The normalized spacial score (nSPS) is 10.5. The molecular weight excluding hydrogens is 292 g/mol. The maximum atomic E-state index is 12.2. The summed E-state index contributed by atoms with van der Waals surface area (Å²) in [6.07, 6.45) is 0. The summed E-state index contributed by atoms with van der Waals surface area (Å²) in [5.41, 5.74) is 2.84. The summed E-state index contributed by atoms with van der Waals surface area (Å²) < 4.78 is 5.21. The fourth-order valence-corrected chi connectivity index (χ4v) is 2.33. The van der Waals surface area contributed by atoms with Gasteiger partial charge in [-0.1, -0.05) is 26.0 Å². The topological polar surface area (TPSA) is 70.6 Å². The maximum Gasteiger partial charge on any atom is 0.323 e. The van der Waals surface area contributed by atoms with Crippen LogP contribution in [-0.4, -0.2) is 18.2 Å². The van der Waals surface area contributed by atoms with Gasteiger partial charge in [0.15, 0.2) is 0 Å². The van der Waals surface area contributed by atoms with E-state index in [1.807, 2.05) is 32.9 Å². The predicted molar refractivity (Wildman–Crippen MR) is 92.6 cm³/mol. The molecule has 0 aliphatic carbocycles. The minimum Gasteiger partial charge on any atom is -0.508 e. The SMILES string of the molecule is COc1ccccc1NC(=O)Nc1cc(C(C)C)c(O)cc1C. The number of hydrogen-bond acceptors (Lipinski definition) is 3. The van der Waals surface area contributed by atoms with Crippen molar-refractivity contribution >= 4 is 17.4 Å². The van der Waals surface area contributed by atoms with Crippen LogP contribution in [0.3, 0.4) is 0 Å². The molecular formula is C18H22N2O3. The standard InChI is InChI=1S/C18H22N2O3/c1-11(2)13-10-15(12(3)9-16(13)21)20-18(22)19-14-7-5-6-8-17(14)23-4/h5-11,21H,1-4H3,(H2,19,20,22). The molecule has 0 spiro atoms. The van der Waals surface area contributed by atoms with Gasteiger partial charge < -0.3 is 20.5 Å². The van der Waals surface area contributed by atoms with E-state index < -0.39 is 0 Å². The largest absolute Gasteiger partial charge is 0.508 e. The van der Waals surface area contributed by atoms with Crippen LogP contribution in [0.15, 0.2) is 36.4 Å². The van der Waals surface area contributed by atoms with E-state index in [-0.39, 0.29) is 17.7 Å². The van der Waals surface area contributed by atoms with Gasteiger partial charge in [-0.05, 0) is 48.2 Å². The molecule has 0 radical (unpaired) electrons. The van der Waals surface area contributed by atoms with Crippen LogP contribution < -0.4 is 15.4 Å². The van der Waals surface area contributed by atoms with E-state index in [4.69, 9.17) is 4.74 Å². The van der Waals surface area contributed by atoms with Crippen LogP contribution in [0.1, 0.15) is 30.9 Å². The summed E-state index contributed by atoms with van der Waals surface area (Å²) >= 11 is 0. The average molecular weight is 314 g/mol. The first-order chi connectivity index (χ1) is 10.9. The van der Waals surface area contributed by atoms with Crippen molar-refractivity contribution in [2.45, 2.75) is 26.7 Å². The van der Waals surface area contributed by atoms with Crippen molar-refractivity contribution in [3.05, 3.63) is 47.5 Å². The summed E-state index contributed by atoms with van der Waals surface area (Å²) in [5, 5.41) is 15.6. The number of nitrogens with one attached hydrogen (secondary N) is 2. The van der Waals surface area contributed by atoms with E-state index in [0.29, 0.717) is 17.1 Å². The highest BCUT2D eigenvalue weighted by Gasteiger charge is 2.13. The Balaban J connectivity index is 2.19. The van der Waals surface area contributed by atoms with Crippen molar-refractivity contribution in [1.29, 1.82) is 0 Å². The molecule has 0 unspecified atom stereocenters. The Labute approximate surface area is 136 Å². The first-order valence-corrected chi connectivity index (χ1v) is 7.47. The fraction of sp³-hybridized carbons (Fsp3) is 0.278. The van der Waals surface area contributed by atoms with Crippen LogP contribution in [0.25, 0.3) is 0 Å². The highest BCUT2D eigenvalue weighted by Crippen LogP contribution is 2.31. The lowest BCUT2D eigenvalue weighted by atomic mass is 9.99. The summed E-state index contributed by atoms with van der Waals surface area (Å²) in [6, 6.07) is 10.3. The van der Waals surface area contributed by atoms with Crippen molar-refractivity contribution in [1.82, 2.24) is 0 Å². The molecule has 0 atom stereocenters. The third-order valence-corrected chi connectivity index (χ3v) is 3.60. The van der Waals surface area contributed by atoms with Crippen molar-refractivity contribution in [2.24, 2.45) is 0 Å². The van der Waals surface area contributed by atoms with E-state index in [0.717, 1.165) is 11.1 Å². The summed E-state index contributed by atoms with van der Waals surface area (Å²) in [6.45, 7) is 5.81. The number of benzene rings is 2. The summed E-state index contributed by atoms with van der Waals surface area (Å²) in [4.78, 5) is 12.2. The van der Waals surface area contributed by atoms with E-state index in [9.17, 15) is 9.90 Å². The van der Waals surface area contributed by atoms with Crippen molar-refractivity contribution in [3.8, 4) is 11.5 Å². The molecule has 2 aromatic carbocycles. The highest BCUT2D eigenvalue weighted by atomic mass is 16.5. The third-order valence-electron chi connectivity index (χ3n) is 3.60. The molecule has 0 heterocycles. The monoisotopic (exact) mass is 314 g/mol. The van der Waals surface area contributed by atoms with Gasteiger partial charge in [0.25, 0.3) is 0 Å². The Morgan fingerprint density at radius 1 is 1.13 bits per heavy atom. The van der Waals surface area contributed by atoms with Crippen LogP contribution in [-0.2, 0) is 0 Å². The van der Waals surface area contributed by atoms with Gasteiger partial charge in [-0.25, -0.2) is 4.79 Å². The number of carbonyl (C=O) groups excluding carboxylic acids is 1. The number of ether oxygens (including phenoxy) is 1. The molecule has 5 nitrogen and oxygen atoms in total. The first-order valence-electron chi connectivity index (χ1n) is 7.47. The minimum absolute atomic E-state index is 0.161.